The van der Waals surface area contributed by atoms with E-state index in [-0.39, 0.29) is 12.3 Å². The number of aliphatic carboxylic acids is 1. The van der Waals surface area contributed by atoms with Crippen LogP contribution in [0.15, 0.2) is 0 Å². The van der Waals surface area contributed by atoms with Crippen LogP contribution in [0.5, 0.6) is 0 Å². The van der Waals surface area contributed by atoms with Crippen molar-refractivity contribution in [1.29, 1.82) is 0 Å². The van der Waals surface area contributed by atoms with Gasteiger partial charge in [-0.3, -0.25) is 9.59 Å². The Kier molecular flexibility index (Phi) is 5.35. The highest BCUT2D eigenvalue weighted by molar-refractivity contribution is 5.85. The van der Waals surface area contributed by atoms with Crippen molar-refractivity contribution in [3.63, 3.8) is 0 Å². The summed E-state index contributed by atoms with van der Waals surface area (Å²) in [7, 11) is 0. The van der Waals surface area contributed by atoms with Crippen LogP contribution < -0.4 is 5.32 Å². The molecule has 5 heteroatoms. The van der Waals surface area contributed by atoms with Gasteiger partial charge in [0, 0.05) is 19.6 Å². The molecule has 1 aliphatic rings. The number of carbonyl (C=O) groups excluding carboxylic acids is 1. The Morgan fingerprint density at radius 1 is 1.32 bits per heavy atom. The monoisotopic (exact) mass is 271 g/mol. The van der Waals surface area contributed by atoms with Crippen LogP contribution in [-0.2, 0) is 14.3 Å². The number of amides is 1. The Hall–Kier alpha value is -1.10. The molecule has 1 rings (SSSR count). The van der Waals surface area contributed by atoms with Crippen molar-refractivity contribution in [3.05, 3.63) is 0 Å². The van der Waals surface area contributed by atoms with Gasteiger partial charge in [0.1, 0.15) is 0 Å². The molecule has 0 unspecified atom stereocenters. The minimum atomic E-state index is -0.847. The molecule has 1 amide bonds. The fourth-order valence-corrected chi connectivity index (χ4v) is 2.64. The van der Waals surface area contributed by atoms with Crippen LogP contribution in [0.1, 0.15) is 52.9 Å². The number of ether oxygens (including phenoxy) is 1. The van der Waals surface area contributed by atoms with Crippen molar-refractivity contribution in [2.45, 2.75) is 58.5 Å². The van der Waals surface area contributed by atoms with Gasteiger partial charge in [-0.15, -0.1) is 0 Å². The van der Waals surface area contributed by atoms with Crippen molar-refractivity contribution in [2.75, 3.05) is 13.2 Å². The van der Waals surface area contributed by atoms with Gasteiger partial charge in [-0.25, -0.2) is 0 Å². The first-order valence-corrected chi connectivity index (χ1v) is 6.95. The predicted molar refractivity (Wildman–Crippen MR) is 71.9 cm³/mol. The maximum absolute atomic E-state index is 11.9. The molecular weight excluding hydrogens is 246 g/mol. The minimum absolute atomic E-state index is 0.0739. The van der Waals surface area contributed by atoms with E-state index in [1.54, 1.807) is 0 Å². The van der Waals surface area contributed by atoms with Gasteiger partial charge in [0.05, 0.1) is 11.0 Å². The third-order valence-corrected chi connectivity index (χ3v) is 3.76. The highest BCUT2D eigenvalue weighted by Crippen LogP contribution is 2.41. The number of rotatable bonds is 7. The van der Waals surface area contributed by atoms with Crippen molar-refractivity contribution in [3.8, 4) is 0 Å². The summed E-state index contributed by atoms with van der Waals surface area (Å²) in [5, 5.41) is 12.1. The molecule has 110 valence electrons. The van der Waals surface area contributed by atoms with Crippen LogP contribution in [0.25, 0.3) is 0 Å². The van der Waals surface area contributed by atoms with E-state index in [2.05, 4.69) is 5.32 Å². The molecule has 1 fully saturated rings. The molecule has 0 radical (unpaired) electrons. The van der Waals surface area contributed by atoms with Crippen molar-refractivity contribution < 1.29 is 19.4 Å². The smallest absolute Gasteiger partial charge is 0.310 e. The normalized spacial score (nSPS) is 18.3. The molecule has 0 aromatic rings. The zero-order valence-electron chi connectivity index (χ0n) is 12.1. The van der Waals surface area contributed by atoms with Crippen LogP contribution >= 0.6 is 0 Å². The fraction of sp³-hybridized carbons (Fsp3) is 0.857. The maximum atomic E-state index is 11.9. The summed E-state index contributed by atoms with van der Waals surface area (Å²) in [6, 6.07) is 0. The van der Waals surface area contributed by atoms with Gasteiger partial charge in [0.2, 0.25) is 5.91 Å². The topological polar surface area (TPSA) is 75.6 Å². The summed E-state index contributed by atoms with van der Waals surface area (Å²) in [4.78, 5) is 23.3. The molecule has 1 saturated carbocycles. The van der Waals surface area contributed by atoms with E-state index in [4.69, 9.17) is 4.74 Å². The number of carboxylic acid groups (broad SMARTS) is 1. The Bertz CT molecular complexity index is 332. The van der Waals surface area contributed by atoms with Crippen LogP contribution in [0.3, 0.4) is 0 Å². The number of hydrogen-bond acceptors (Lipinski definition) is 3. The molecule has 0 spiro atoms. The average molecular weight is 271 g/mol. The molecule has 1 aliphatic carbocycles. The van der Waals surface area contributed by atoms with E-state index >= 15 is 0 Å². The molecule has 2 N–H and O–H groups in total. The van der Waals surface area contributed by atoms with Crippen LogP contribution in [0, 0.1) is 5.41 Å². The lowest BCUT2D eigenvalue weighted by atomic mass is 9.82. The molecule has 0 heterocycles. The van der Waals surface area contributed by atoms with Crippen LogP contribution in [0.4, 0.5) is 0 Å². The van der Waals surface area contributed by atoms with E-state index < -0.39 is 17.0 Å². The lowest BCUT2D eigenvalue weighted by Crippen LogP contribution is -2.43. The molecular formula is C14H25NO4. The molecule has 0 saturated heterocycles. The minimum Gasteiger partial charge on any atom is -0.481 e. The van der Waals surface area contributed by atoms with E-state index in [0.29, 0.717) is 26.0 Å². The second kappa shape index (κ2) is 6.37. The van der Waals surface area contributed by atoms with E-state index in [1.807, 2.05) is 20.8 Å². The Labute approximate surface area is 114 Å². The number of hydrogen-bond donors (Lipinski definition) is 2. The summed E-state index contributed by atoms with van der Waals surface area (Å²) in [6.45, 7) is 6.69. The summed E-state index contributed by atoms with van der Waals surface area (Å²) in [6.07, 6.45) is 3.06. The second-order valence-electron chi connectivity index (χ2n) is 5.94. The zero-order valence-corrected chi connectivity index (χ0v) is 12.1. The van der Waals surface area contributed by atoms with Crippen molar-refractivity contribution in [2.24, 2.45) is 5.41 Å². The highest BCUT2D eigenvalue weighted by Gasteiger charge is 2.43. The zero-order chi connectivity index (χ0) is 14.5. The number of carbonyl (C=O) groups is 2. The lowest BCUT2D eigenvalue weighted by molar-refractivity contribution is -0.151. The molecule has 0 atom stereocenters. The molecule has 5 nitrogen and oxygen atoms in total. The van der Waals surface area contributed by atoms with E-state index in [0.717, 1.165) is 12.8 Å². The quantitative estimate of drug-likeness (QED) is 0.742. The maximum Gasteiger partial charge on any atom is 0.310 e. The van der Waals surface area contributed by atoms with Gasteiger partial charge in [-0.2, -0.15) is 0 Å². The van der Waals surface area contributed by atoms with E-state index in [9.17, 15) is 14.7 Å². The lowest BCUT2D eigenvalue weighted by Gasteiger charge is -2.27. The van der Waals surface area contributed by atoms with Gasteiger partial charge in [-0.1, -0.05) is 12.8 Å². The number of carboxylic acids is 1. The van der Waals surface area contributed by atoms with Gasteiger partial charge < -0.3 is 15.2 Å². The Morgan fingerprint density at radius 2 is 1.89 bits per heavy atom. The third kappa shape index (κ3) is 4.49. The summed E-state index contributed by atoms with van der Waals surface area (Å²) < 4.78 is 5.49. The molecule has 0 bridgehead atoms. The summed E-state index contributed by atoms with van der Waals surface area (Å²) in [5.41, 5.74) is -1.27. The third-order valence-electron chi connectivity index (χ3n) is 3.76. The standard InChI is InChI=1S/C14H25NO4/c1-4-19-13(2,3)10-15-11(16)9-14(12(17)18)7-5-6-8-14/h4-10H2,1-3H3,(H,15,16)(H,17,18). The van der Waals surface area contributed by atoms with Gasteiger partial charge in [0.15, 0.2) is 0 Å². The second-order valence-corrected chi connectivity index (χ2v) is 5.94. The van der Waals surface area contributed by atoms with Gasteiger partial charge in [-0.05, 0) is 33.6 Å². The summed E-state index contributed by atoms with van der Waals surface area (Å²) >= 11 is 0. The van der Waals surface area contributed by atoms with Gasteiger partial charge in [0.25, 0.3) is 0 Å². The number of nitrogens with one attached hydrogen (secondary N) is 1. The first-order chi connectivity index (χ1) is 8.81. The fourth-order valence-electron chi connectivity index (χ4n) is 2.64. The molecule has 19 heavy (non-hydrogen) atoms. The molecule has 0 aromatic carbocycles. The van der Waals surface area contributed by atoms with Gasteiger partial charge >= 0.3 is 5.97 Å². The largest absolute Gasteiger partial charge is 0.481 e. The molecule has 0 aromatic heterocycles. The Morgan fingerprint density at radius 3 is 2.37 bits per heavy atom. The first-order valence-electron chi connectivity index (χ1n) is 6.95. The van der Waals surface area contributed by atoms with Crippen molar-refractivity contribution in [1.82, 2.24) is 5.32 Å². The van der Waals surface area contributed by atoms with Crippen LogP contribution in [0.2, 0.25) is 0 Å². The predicted octanol–water partition coefficient (Wildman–Crippen LogP) is 1.95. The SMILES string of the molecule is CCOC(C)(C)CNC(=O)CC1(C(=O)O)CCCC1. The first kappa shape index (κ1) is 16.0. The molecule has 0 aliphatic heterocycles. The Balaban J connectivity index is 2.48. The highest BCUT2D eigenvalue weighted by atomic mass is 16.5. The van der Waals surface area contributed by atoms with E-state index in [1.165, 1.54) is 0 Å². The summed E-state index contributed by atoms with van der Waals surface area (Å²) in [5.74, 6) is -1.04. The average Bonchev–Trinajstić information content (AvgIpc) is 2.76. The van der Waals surface area contributed by atoms with Crippen molar-refractivity contribution >= 4 is 11.9 Å². The van der Waals surface area contributed by atoms with Crippen LogP contribution in [-0.4, -0.2) is 35.7 Å².